The summed E-state index contributed by atoms with van der Waals surface area (Å²) in [6.45, 7) is 0. The summed E-state index contributed by atoms with van der Waals surface area (Å²) >= 11 is 0. The highest BCUT2D eigenvalue weighted by molar-refractivity contribution is 5.98. The van der Waals surface area contributed by atoms with Gasteiger partial charge in [0.15, 0.2) is 5.82 Å². The number of amides is 1. The molecule has 3 N–H and O–H groups in total. The fourth-order valence-electron chi connectivity index (χ4n) is 2.72. The molecule has 6 heteroatoms. The van der Waals surface area contributed by atoms with E-state index in [2.05, 4.69) is 16.5 Å². The average molecular weight is 307 g/mol. The van der Waals surface area contributed by atoms with Gasteiger partial charge in [0, 0.05) is 11.9 Å². The Balaban J connectivity index is 1.94. The van der Waals surface area contributed by atoms with E-state index in [-0.39, 0.29) is 12.0 Å². The lowest BCUT2D eigenvalue weighted by Crippen LogP contribution is -2.20. The summed E-state index contributed by atoms with van der Waals surface area (Å²) in [5.41, 5.74) is 6.61. The quantitative estimate of drug-likeness (QED) is 0.849. The van der Waals surface area contributed by atoms with Crippen molar-refractivity contribution >= 4 is 17.4 Å². The van der Waals surface area contributed by atoms with Crippen molar-refractivity contribution in [3.8, 4) is 6.07 Å². The van der Waals surface area contributed by atoms with Gasteiger partial charge in [-0.1, -0.05) is 30.4 Å². The molecule has 23 heavy (non-hydrogen) atoms. The number of primary amides is 1. The molecule has 0 spiro atoms. The standard InChI is InChI=1S/C17H17N5O/c18-10-12-6-4-5-9-15(12)22-11-14(16(19)23)17(21-22)20-13-7-2-1-3-8-13/h1-5,7-8,11-12,15H,6,9H2,(H2,19,23)(H,20,21)/t12-,15+/m1/s1. The number of rotatable bonds is 4. The van der Waals surface area contributed by atoms with Gasteiger partial charge in [0.05, 0.1) is 18.0 Å². The van der Waals surface area contributed by atoms with Gasteiger partial charge >= 0.3 is 0 Å². The zero-order chi connectivity index (χ0) is 16.2. The molecule has 0 bridgehead atoms. The second kappa shape index (κ2) is 6.36. The van der Waals surface area contributed by atoms with Crippen LogP contribution in [0.15, 0.2) is 48.7 Å². The molecule has 0 fully saturated rings. The van der Waals surface area contributed by atoms with Gasteiger partial charge in [0.1, 0.15) is 5.56 Å². The van der Waals surface area contributed by atoms with Crippen LogP contribution in [-0.2, 0) is 0 Å². The van der Waals surface area contributed by atoms with Crippen LogP contribution in [0.25, 0.3) is 0 Å². The van der Waals surface area contributed by atoms with E-state index in [9.17, 15) is 10.1 Å². The molecule has 2 atom stereocenters. The third kappa shape index (κ3) is 3.09. The van der Waals surface area contributed by atoms with E-state index in [1.807, 2.05) is 42.5 Å². The lowest BCUT2D eigenvalue weighted by molar-refractivity contribution is 0.100. The van der Waals surface area contributed by atoms with Crippen LogP contribution in [0.5, 0.6) is 0 Å². The number of nitrogens with one attached hydrogen (secondary N) is 1. The highest BCUT2D eigenvalue weighted by Crippen LogP contribution is 2.31. The van der Waals surface area contributed by atoms with E-state index in [4.69, 9.17) is 5.73 Å². The Morgan fingerprint density at radius 2 is 2.04 bits per heavy atom. The Labute approximate surface area is 134 Å². The number of hydrogen-bond donors (Lipinski definition) is 2. The predicted octanol–water partition coefficient (Wildman–Crippen LogP) is 2.76. The van der Waals surface area contributed by atoms with Gasteiger partial charge in [-0.25, -0.2) is 0 Å². The van der Waals surface area contributed by atoms with Crippen molar-refractivity contribution in [2.45, 2.75) is 18.9 Å². The minimum Gasteiger partial charge on any atom is -0.365 e. The van der Waals surface area contributed by atoms with Gasteiger partial charge in [-0.3, -0.25) is 9.48 Å². The molecule has 1 aliphatic rings. The molecule has 1 amide bonds. The third-order valence-electron chi connectivity index (χ3n) is 3.94. The van der Waals surface area contributed by atoms with Crippen molar-refractivity contribution in [3.63, 3.8) is 0 Å². The zero-order valence-corrected chi connectivity index (χ0v) is 12.5. The van der Waals surface area contributed by atoms with Crippen molar-refractivity contribution in [1.82, 2.24) is 9.78 Å². The Hall–Kier alpha value is -3.07. The highest BCUT2D eigenvalue weighted by atomic mass is 16.1. The fraction of sp³-hybridized carbons (Fsp3) is 0.235. The Kier molecular flexibility index (Phi) is 4.11. The van der Waals surface area contributed by atoms with Crippen molar-refractivity contribution in [1.29, 1.82) is 5.26 Å². The van der Waals surface area contributed by atoms with Gasteiger partial charge in [-0.05, 0) is 25.0 Å². The van der Waals surface area contributed by atoms with Crippen LogP contribution < -0.4 is 11.1 Å². The first kappa shape index (κ1) is 14.9. The Morgan fingerprint density at radius 3 is 2.74 bits per heavy atom. The number of nitriles is 1. The SMILES string of the molecule is N#C[C@H]1CC=CC[C@@H]1n1cc(C(N)=O)c(Nc2ccccc2)n1. The van der Waals surface area contributed by atoms with Gasteiger partial charge in [0.25, 0.3) is 5.91 Å². The van der Waals surface area contributed by atoms with Crippen LogP contribution in [0.3, 0.4) is 0 Å². The zero-order valence-electron chi connectivity index (χ0n) is 12.5. The lowest BCUT2D eigenvalue weighted by Gasteiger charge is -2.23. The maximum Gasteiger partial charge on any atom is 0.254 e. The number of nitrogens with zero attached hydrogens (tertiary/aromatic N) is 3. The lowest BCUT2D eigenvalue weighted by atomic mass is 9.90. The highest BCUT2D eigenvalue weighted by Gasteiger charge is 2.26. The molecule has 1 aromatic carbocycles. The first-order valence-corrected chi connectivity index (χ1v) is 7.44. The van der Waals surface area contributed by atoms with E-state index >= 15 is 0 Å². The summed E-state index contributed by atoms with van der Waals surface area (Å²) in [5.74, 6) is -0.297. The summed E-state index contributed by atoms with van der Waals surface area (Å²) in [5, 5.41) is 16.9. The largest absolute Gasteiger partial charge is 0.365 e. The van der Waals surface area contributed by atoms with E-state index in [0.717, 1.165) is 5.69 Å². The summed E-state index contributed by atoms with van der Waals surface area (Å²) in [6.07, 6.45) is 7.07. The van der Waals surface area contributed by atoms with Gasteiger partial charge in [-0.2, -0.15) is 10.4 Å². The maximum absolute atomic E-state index is 11.7. The van der Waals surface area contributed by atoms with Crippen LogP contribution in [0, 0.1) is 17.2 Å². The first-order valence-electron chi connectivity index (χ1n) is 7.44. The molecule has 0 radical (unpaired) electrons. The number of aromatic nitrogens is 2. The number of carbonyl (C=O) groups excluding carboxylic acids is 1. The molecule has 0 unspecified atom stereocenters. The third-order valence-corrected chi connectivity index (χ3v) is 3.94. The number of para-hydroxylation sites is 1. The molecule has 1 heterocycles. The molecule has 0 saturated heterocycles. The fourth-order valence-corrected chi connectivity index (χ4v) is 2.72. The Morgan fingerprint density at radius 1 is 1.30 bits per heavy atom. The number of anilines is 2. The van der Waals surface area contributed by atoms with E-state index in [0.29, 0.717) is 24.2 Å². The number of benzene rings is 1. The smallest absolute Gasteiger partial charge is 0.254 e. The summed E-state index contributed by atoms with van der Waals surface area (Å²) in [4.78, 5) is 11.7. The minimum atomic E-state index is -0.547. The second-order valence-electron chi connectivity index (χ2n) is 5.47. The molecule has 1 aromatic heterocycles. The van der Waals surface area contributed by atoms with E-state index < -0.39 is 5.91 Å². The molecule has 1 aliphatic carbocycles. The van der Waals surface area contributed by atoms with Crippen LogP contribution in [0.1, 0.15) is 29.2 Å². The molecule has 3 rings (SSSR count). The monoisotopic (exact) mass is 307 g/mol. The van der Waals surface area contributed by atoms with Crippen molar-refractivity contribution in [2.75, 3.05) is 5.32 Å². The van der Waals surface area contributed by atoms with Crippen molar-refractivity contribution in [2.24, 2.45) is 11.7 Å². The molecule has 6 nitrogen and oxygen atoms in total. The van der Waals surface area contributed by atoms with Crippen LogP contribution in [0.2, 0.25) is 0 Å². The molecular formula is C17H17N5O. The minimum absolute atomic E-state index is 0.0885. The molecular weight excluding hydrogens is 290 g/mol. The molecule has 0 saturated carbocycles. The number of hydrogen-bond acceptors (Lipinski definition) is 4. The average Bonchev–Trinajstić information content (AvgIpc) is 2.99. The normalized spacial score (nSPS) is 20.0. The van der Waals surface area contributed by atoms with Crippen molar-refractivity contribution in [3.05, 3.63) is 54.2 Å². The summed E-state index contributed by atoms with van der Waals surface area (Å²) in [7, 11) is 0. The number of allylic oxidation sites excluding steroid dienone is 2. The van der Waals surface area contributed by atoms with Gasteiger partial charge in [-0.15, -0.1) is 0 Å². The predicted molar refractivity (Wildman–Crippen MR) is 87.0 cm³/mol. The van der Waals surface area contributed by atoms with E-state index in [1.54, 1.807) is 10.9 Å². The summed E-state index contributed by atoms with van der Waals surface area (Å²) in [6, 6.07) is 11.7. The van der Waals surface area contributed by atoms with Gasteiger partial charge < -0.3 is 11.1 Å². The van der Waals surface area contributed by atoms with Crippen molar-refractivity contribution < 1.29 is 4.79 Å². The molecule has 2 aromatic rings. The van der Waals surface area contributed by atoms with Crippen LogP contribution in [-0.4, -0.2) is 15.7 Å². The summed E-state index contributed by atoms with van der Waals surface area (Å²) < 4.78 is 1.68. The second-order valence-corrected chi connectivity index (χ2v) is 5.47. The molecule has 0 aliphatic heterocycles. The maximum atomic E-state index is 11.7. The topological polar surface area (TPSA) is 96.7 Å². The molecule has 116 valence electrons. The van der Waals surface area contributed by atoms with Gasteiger partial charge in [0.2, 0.25) is 0 Å². The van der Waals surface area contributed by atoms with Crippen LogP contribution >= 0.6 is 0 Å². The Bertz CT molecular complexity index is 772. The van der Waals surface area contributed by atoms with Crippen LogP contribution in [0.4, 0.5) is 11.5 Å². The number of nitrogens with two attached hydrogens (primary N) is 1. The number of carbonyl (C=O) groups is 1. The van der Waals surface area contributed by atoms with E-state index in [1.165, 1.54) is 0 Å². The first-order chi connectivity index (χ1) is 11.2.